The first-order chi connectivity index (χ1) is 21.3. The van der Waals surface area contributed by atoms with Crippen LogP contribution >= 0.6 is 0 Å². The topological polar surface area (TPSA) is 39.5 Å². The van der Waals surface area contributed by atoms with Crippen molar-refractivity contribution in [1.29, 1.82) is 0 Å². The Morgan fingerprint density at radius 1 is 0.727 bits per heavy atom. The summed E-state index contributed by atoms with van der Waals surface area (Å²) in [6, 6.07) is 34.4. The molecular formula is C36H36F3N3O2. The second-order valence-electron chi connectivity index (χ2n) is 10.7. The molecule has 0 spiro atoms. The van der Waals surface area contributed by atoms with Crippen LogP contribution < -0.4 is 9.47 Å². The first kappa shape index (κ1) is 30.9. The molecule has 4 aromatic carbocycles. The van der Waals surface area contributed by atoms with Crippen LogP contribution in [0, 0.1) is 0 Å². The van der Waals surface area contributed by atoms with Crippen molar-refractivity contribution in [3.63, 3.8) is 0 Å². The third kappa shape index (κ3) is 8.08. The van der Waals surface area contributed by atoms with E-state index in [1.165, 1.54) is 12.1 Å². The Morgan fingerprint density at radius 2 is 1.39 bits per heavy atom. The Balaban J connectivity index is 1.58. The van der Waals surface area contributed by atoms with Crippen LogP contribution in [0.1, 0.15) is 36.6 Å². The van der Waals surface area contributed by atoms with E-state index in [4.69, 9.17) is 9.72 Å². The Hall–Kier alpha value is -4.56. The molecule has 228 valence electrons. The molecule has 0 aliphatic rings. The second-order valence-corrected chi connectivity index (χ2v) is 10.7. The number of aromatic nitrogens is 2. The minimum Gasteiger partial charge on any atom is -0.497 e. The lowest BCUT2D eigenvalue weighted by atomic mass is 10.1. The Labute approximate surface area is 256 Å². The van der Waals surface area contributed by atoms with E-state index in [0.717, 1.165) is 59.0 Å². The van der Waals surface area contributed by atoms with Gasteiger partial charge in [-0.2, -0.15) is 0 Å². The molecule has 8 heteroatoms. The SMILES string of the molecule is CCCCn1c(-c2ccccc2)nc(-c2ccccc2)c1CN(Cc1ccc(OC)cc1)Cc1cccc(OC(F)(F)F)c1. The second kappa shape index (κ2) is 14.3. The lowest BCUT2D eigenvalue weighted by Gasteiger charge is -2.25. The van der Waals surface area contributed by atoms with Crippen LogP contribution in [-0.2, 0) is 26.2 Å². The normalized spacial score (nSPS) is 11.6. The molecule has 0 radical (unpaired) electrons. The van der Waals surface area contributed by atoms with Crippen molar-refractivity contribution in [3.8, 4) is 34.1 Å². The fraction of sp³-hybridized carbons (Fsp3) is 0.250. The third-order valence-electron chi connectivity index (χ3n) is 7.36. The van der Waals surface area contributed by atoms with Gasteiger partial charge in [-0.25, -0.2) is 4.98 Å². The van der Waals surface area contributed by atoms with Crippen LogP contribution in [-0.4, -0.2) is 27.9 Å². The van der Waals surface area contributed by atoms with Gasteiger partial charge < -0.3 is 14.0 Å². The molecule has 0 amide bonds. The molecule has 0 atom stereocenters. The molecule has 1 heterocycles. The van der Waals surface area contributed by atoms with E-state index in [0.29, 0.717) is 25.2 Å². The fourth-order valence-electron chi connectivity index (χ4n) is 5.31. The van der Waals surface area contributed by atoms with Crippen LogP contribution in [0.2, 0.25) is 0 Å². The van der Waals surface area contributed by atoms with Crippen LogP contribution in [0.15, 0.2) is 109 Å². The van der Waals surface area contributed by atoms with Crippen LogP contribution in [0.5, 0.6) is 11.5 Å². The zero-order valence-corrected chi connectivity index (χ0v) is 24.9. The van der Waals surface area contributed by atoms with E-state index in [9.17, 15) is 13.2 Å². The molecule has 5 rings (SSSR count). The number of benzene rings is 4. The highest BCUT2D eigenvalue weighted by atomic mass is 19.4. The van der Waals surface area contributed by atoms with Gasteiger partial charge in [-0.3, -0.25) is 4.90 Å². The average Bonchev–Trinajstić information content (AvgIpc) is 3.38. The Bertz CT molecular complexity index is 1620. The molecule has 0 unspecified atom stereocenters. The number of halogens is 3. The number of methoxy groups -OCH3 is 1. The van der Waals surface area contributed by atoms with Gasteiger partial charge in [0.1, 0.15) is 17.3 Å². The zero-order chi connectivity index (χ0) is 30.9. The van der Waals surface area contributed by atoms with E-state index >= 15 is 0 Å². The molecule has 1 aromatic heterocycles. The van der Waals surface area contributed by atoms with Crippen LogP contribution in [0.3, 0.4) is 0 Å². The number of unbranched alkanes of at least 4 members (excludes halogenated alkanes) is 1. The summed E-state index contributed by atoms with van der Waals surface area (Å²) < 4.78 is 50.9. The number of nitrogens with zero attached hydrogens (tertiary/aromatic N) is 3. The summed E-state index contributed by atoms with van der Waals surface area (Å²) in [7, 11) is 1.63. The lowest BCUT2D eigenvalue weighted by molar-refractivity contribution is -0.274. The van der Waals surface area contributed by atoms with Gasteiger partial charge in [0.05, 0.1) is 18.5 Å². The Morgan fingerprint density at radius 3 is 2.02 bits per heavy atom. The maximum Gasteiger partial charge on any atom is 0.573 e. The predicted octanol–water partition coefficient (Wildman–Crippen LogP) is 9.13. The lowest BCUT2D eigenvalue weighted by Crippen LogP contribution is -2.25. The minimum absolute atomic E-state index is 0.233. The van der Waals surface area contributed by atoms with Gasteiger partial charge in [-0.1, -0.05) is 98.3 Å². The monoisotopic (exact) mass is 599 g/mol. The minimum atomic E-state index is -4.76. The van der Waals surface area contributed by atoms with Crippen molar-refractivity contribution < 1.29 is 22.6 Å². The van der Waals surface area contributed by atoms with Crippen molar-refractivity contribution in [2.45, 2.75) is 52.3 Å². The molecule has 0 N–H and O–H groups in total. The standard InChI is InChI=1S/C36H36F3N3O2/c1-3-4-22-42-33(34(29-13-7-5-8-14-29)40-35(42)30-15-9-6-10-16-30)26-41(24-27-18-20-31(43-2)21-19-27)25-28-12-11-17-32(23-28)44-36(37,38)39/h5-21,23H,3-4,22,24-26H2,1-2H3. The summed E-state index contributed by atoms with van der Waals surface area (Å²) in [6.45, 7) is 4.44. The molecule has 0 saturated heterocycles. The quantitative estimate of drug-likeness (QED) is 0.135. The van der Waals surface area contributed by atoms with Gasteiger partial charge in [0.25, 0.3) is 0 Å². The van der Waals surface area contributed by atoms with Gasteiger partial charge in [0, 0.05) is 37.3 Å². The first-order valence-corrected chi connectivity index (χ1v) is 14.7. The average molecular weight is 600 g/mol. The van der Waals surface area contributed by atoms with Gasteiger partial charge >= 0.3 is 6.36 Å². The highest BCUT2D eigenvalue weighted by molar-refractivity contribution is 5.68. The summed E-state index contributed by atoms with van der Waals surface area (Å²) in [6.07, 6.45) is -2.76. The smallest absolute Gasteiger partial charge is 0.497 e. The van der Waals surface area contributed by atoms with Crippen molar-refractivity contribution in [1.82, 2.24) is 14.5 Å². The highest BCUT2D eigenvalue weighted by Gasteiger charge is 2.31. The number of hydrogen-bond acceptors (Lipinski definition) is 4. The number of hydrogen-bond donors (Lipinski definition) is 0. The molecule has 0 aliphatic heterocycles. The zero-order valence-electron chi connectivity index (χ0n) is 24.9. The molecule has 0 aliphatic carbocycles. The summed E-state index contributed by atoms with van der Waals surface area (Å²) in [5.41, 5.74) is 5.77. The highest BCUT2D eigenvalue weighted by Crippen LogP contribution is 2.32. The molecule has 0 saturated carbocycles. The Kier molecular flexibility index (Phi) is 10.0. The van der Waals surface area contributed by atoms with Gasteiger partial charge in [0.2, 0.25) is 0 Å². The number of alkyl halides is 3. The largest absolute Gasteiger partial charge is 0.573 e. The van der Waals surface area contributed by atoms with E-state index in [2.05, 4.69) is 45.4 Å². The summed E-state index contributed by atoms with van der Waals surface area (Å²) in [4.78, 5) is 7.45. The van der Waals surface area contributed by atoms with Crippen molar-refractivity contribution in [3.05, 3.63) is 126 Å². The fourth-order valence-corrected chi connectivity index (χ4v) is 5.31. The van der Waals surface area contributed by atoms with E-state index in [1.807, 2.05) is 66.7 Å². The number of rotatable bonds is 13. The molecule has 44 heavy (non-hydrogen) atoms. The maximum atomic E-state index is 13.0. The summed E-state index contributed by atoms with van der Waals surface area (Å²) in [5, 5.41) is 0. The van der Waals surface area contributed by atoms with Crippen LogP contribution in [0.25, 0.3) is 22.6 Å². The first-order valence-electron chi connectivity index (χ1n) is 14.7. The summed E-state index contributed by atoms with van der Waals surface area (Å²) in [5.74, 6) is 1.43. The van der Waals surface area contributed by atoms with Gasteiger partial charge in [-0.15, -0.1) is 13.2 Å². The molecule has 5 aromatic rings. The number of imidazole rings is 1. The molecule has 0 fully saturated rings. The molecular weight excluding hydrogens is 563 g/mol. The third-order valence-corrected chi connectivity index (χ3v) is 7.36. The van der Waals surface area contributed by atoms with Crippen molar-refractivity contribution in [2.24, 2.45) is 0 Å². The number of ether oxygens (including phenoxy) is 2. The predicted molar refractivity (Wildman–Crippen MR) is 167 cm³/mol. The molecule has 0 bridgehead atoms. The van der Waals surface area contributed by atoms with Crippen LogP contribution in [0.4, 0.5) is 13.2 Å². The van der Waals surface area contributed by atoms with Crippen molar-refractivity contribution in [2.75, 3.05) is 7.11 Å². The van der Waals surface area contributed by atoms with E-state index in [1.54, 1.807) is 13.2 Å². The van der Waals surface area contributed by atoms with Gasteiger partial charge in [0.15, 0.2) is 0 Å². The van der Waals surface area contributed by atoms with Crippen molar-refractivity contribution >= 4 is 0 Å². The van der Waals surface area contributed by atoms with Gasteiger partial charge in [-0.05, 0) is 41.8 Å². The maximum absolute atomic E-state index is 13.0. The van der Waals surface area contributed by atoms with E-state index in [-0.39, 0.29) is 5.75 Å². The van der Waals surface area contributed by atoms with E-state index < -0.39 is 6.36 Å². The summed E-state index contributed by atoms with van der Waals surface area (Å²) >= 11 is 0. The molecule has 5 nitrogen and oxygen atoms in total.